The molecule has 0 spiro atoms. The molecule has 6 aromatic carbocycles. The van der Waals surface area contributed by atoms with Gasteiger partial charge < -0.3 is 18.3 Å². The van der Waals surface area contributed by atoms with E-state index in [-0.39, 0.29) is 0 Å². The van der Waals surface area contributed by atoms with Gasteiger partial charge in [0.25, 0.3) is 0 Å². The van der Waals surface area contributed by atoms with Crippen LogP contribution in [0.1, 0.15) is 0 Å². The Morgan fingerprint density at radius 2 is 0.720 bits per heavy atom. The standard InChI is InChI=1S/C44H30N2O4/c1-3-11-31(12-4-1)33-15-7-17-35(27-33)45(43-19-9-25-47-43)37-21-23-39-41(29-37)49-40-24-22-38(30-42(40)50-39)46(44-20-10-26-48-44)36-18-8-16-34(28-36)32-13-5-2-6-14-32/h1-30H. The fourth-order valence-electron chi connectivity index (χ4n) is 6.35. The third-order valence-corrected chi connectivity index (χ3v) is 8.69. The van der Waals surface area contributed by atoms with Crippen LogP contribution in [0.4, 0.5) is 34.5 Å². The van der Waals surface area contributed by atoms with Crippen molar-refractivity contribution in [2.75, 3.05) is 9.80 Å². The summed E-state index contributed by atoms with van der Waals surface area (Å²) in [5, 5.41) is 0. The first-order valence-electron chi connectivity index (χ1n) is 16.4. The van der Waals surface area contributed by atoms with Gasteiger partial charge in [-0.25, -0.2) is 0 Å². The van der Waals surface area contributed by atoms with Crippen LogP contribution in [-0.2, 0) is 0 Å². The summed E-state index contributed by atoms with van der Waals surface area (Å²) < 4.78 is 24.9. The number of hydrogen-bond acceptors (Lipinski definition) is 6. The average Bonchev–Trinajstić information content (AvgIpc) is 3.91. The zero-order valence-corrected chi connectivity index (χ0v) is 26.8. The predicted molar refractivity (Wildman–Crippen MR) is 198 cm³/mol. The summed E-state index contributed by atoms with van der Waals surface area (Å²) in [5.41, 5.74) is 8.15. The summed E-state index contributed by atoms with van der Waals surface area (Å²) >= 11 is 0. The van der Waals surface area contributed by atoms with Crippen LogP contribution in [0.5, 0.6) is 23.0 Å². The van der Waals surface area contributed by atoms with Crippen molar-refractivity contribution in [3.8, 4) is 45.3 Å². The van der Waals surface area contributed by atoms with Gasteiger partial charge in [-0.05, 0) is 82.9 Å². The minimum atomic E-state index is 0.608. The van der Waals surface area contributed by atoms with Gasteiger partial charge in [0, 0.05) is 35.6 Å². The van der Waals surface area contributed by atoms with Gasteiger partial charge in [0.15, 0.2) is 23.0 Å². The van der Waals surface area contributed by atoms with Gasteiger partial charge in [-0.2, -0.15) is 0 Å². The summed E-state index contributed by atoms with van der Waals surface area (Å²) in [7, 11) is 0. The first-order valence-corrected chi connectivity index (χ1v) is 16.4. The minimum Gasteiger partial charge on any atom is -0.449 e. The van der Waals surface area contributed by atoms with Crippen LogP contribution in [0.25, 0.3) is 22.3 Å². The molecule has 0 N–H and O–H groups in total. The van der Waals surface area contributed by atoms with Crippen LogP contribution in [-0.4, -0.2) is 0 Å². The molecule has 0 fully saturated rings. The lowest BCUT2D eigenvalue weighted by atomic mass is 10.0. The largest absolute Gasteiger partial charge is 0.449 e. The normalized spacial score (nSPS) is 11.5. The van der Waals surface area contributed by atoms with Crippen LogP contribution in [0.3, 0.4) is 0 Å². The summed E-state index contributed by atoms with van der Waals surface area (Å²) in [5.74, 6) is 3.82. The maximum Gasteiger partial charge on any atom is 0.204 e. The van der Waals surface area contributed by atoms with Crippen LogP contribution >= 0.6 is 0 Å². The zero-order chi connectivity index (χ0) is 33.3. The maximum absolute atomic E-state index is 6.50. The highest BCUT2D eigenvalue weighted by atomic mass is 16.6. The molecule has 3 heterocycles. The first-order chi connectivity index (χ1) is 24.8. The number of nitrogens with zero attached hydrogens (tertiary/aromatic N) is 2. The molecule has 8 aromatic rings. The molecule has 0 unspecified atom stereocenters. The Hall–Kier alpha value is -6.92. The highest BCUT2D eigenvalue weighted by molar-refractivity contribution is 5.81. The molecule has 240 valence electrons. The van der Waals surface area contributed by atoms with Crippen LogP contribution in [0.15, 0.2) is 191 Å². The topological polar surface area (TPSA) is 51.2 Å². The quantitative estimate of drug-likeness (QED) is 0.163. The van der Waals surface area contributed by atoms with Crippen molar-refractivity contribution >= 4 is 34.5 Å². The number of anilines is 6. The van der Waals surface area contributed by atoms with Gasteiger partial charge in [0.05, 0.1) is 23.9 Å². The number of fused-ring (bicyclic) bond motifs is 2. The maximum atomic E-state index is 6.50. The summed E-state index contributed by atoms with van der Waals surface area (Å²) in [6.45, 7) is 0. The van der Waals surface area contributed by atoms with Crippen molar-refractivity contribution in [3.05, 3.63) is 182 Å². The van der Waals surface area contributed by atoms with E-state index in [1.54, 1.807) is 12.5 Å². The van der Waals surface area contributed by atoms with E-state index >= 15 is 0 Å². The van der Waals surface area contributed by atoms with Gasteiger partial charge in [-0.3, -0.25) is 9.80 Å². The van der Waals surface area contributed by atoms with Crippen LogP contribution in [0, 0.1) is 0 Å². The predicted octanol–water partition coefficient (Wildman–Crippen LogP) is 13.0. The number of hydrogen-bond donors (Lipinski definition) is 0. The molecular weight excluding hydrogens is 620 g/mol. The SMILES string of the molecule is c1ccc(-c2cccc(N(c3ccc4c(c3)Oc3ccc(N(c5cccc(-c6ccccc6)c5)c5ccco5)cc3O4)c3ccco3)c2)cc1. The van der Waals surface area contributed by atoms with Crippen molar-refractivity contribution in [1.29, 1.82) is 0 Å². The molecule has 6 heteroatoms. The van der Waals surface area contributed by atoms with Crippen LogP contribution < -0.4 is 19.3 Å². The summed E-state index contributed by atoms with van der Waals surface area (Å²) in [4.78, 5) is 4.14. The molecule has 1 aliphatic heterocycles. The van der Waals surface area contributed by atoms with E-state index in [0.717, 1.165) is 45.0 Å². The Labute approximate surface area is 289 Å². The Morgan fingerprint density at radius 3 is 1.14 bits per heavy atom. The van der Waals surface area contributed by atoms with E-state index < -0.39 is 0 Å². The molecule has 0 atom stereocenters. The van der Waals surface area contributed by atoms with E-state index in [4.69, 9.17) is 18.3 Å². The highest BCUT2D eigenvalue weighted by Crippen LogP contribution is 2.50. The molecule has 6 nitrogen and oxygen atoms in total. The average molecular weight is 651 g/mol. The van der Waals surface area contributed by atoms with Crippen molar-refractivity contribution in [2.45, 2.75) is 0 Å². The molecule has 2 aromatic heterocycles. The Balaban J connectivity index is 1.05. The molecule has 9 rings (SSSR count). The van der Waals surface area contributed by atoms with E-state index in [1.807, 2.05) is 97.1 Å². The van der Waals surface area contributed by atoms with Gasteiger partial charge in [-0.15, -0.1) is 0 Å². The lowest BCUT2D eigenvalue weighted by Crippen LogP contribution is -2.11. The number of ether oxygens (including phenoxy) is 2. The van der Waals surface area contributed by atoms with Gasteiger partial charge in [0.2, 0.25) is 11.8 Å². The van der Waals surface area contributed by atoms with Crippen molar-refractivity contribution in [2.24, 2.45) is 0 Å². The molecule has 0 bridgehead atoms. The van der Waals surface area contributed by atoms with Gasteiger partial charge in [-0.1, -0.05) is 84.9 Å². The van der Waals surface area contributed by atoms with E-state index in [0.29, 0.717) is 34.8 Å². The molecule has 0 aliphatic carbocycles. The molecule has 0 amide bonds. The summed E-state index contributed by atoms with van der Waals surface area (Å²) in [6.07, 6.45) is 3.36. The number of furan rings is 2. The third kappa shape index (κ3) is 5.55. The molecule has 0 saturated carbocycles. The lowest BCUT2D eigenvalue weighted by Gasteiger charge is -2.27. The molecular formula is C44H30N2O4. The van der Waals surface area contributed by atoms with Crippen molar-refractivity contribution in [1.82, 2.24) is 0 Å². The van der Waals surface area contributed by atoms with Gasteiger partial charge in [0.1, 0.15) is 0 Å². The lowest BCUT2D eigenvalue weighted by molar-refractivity contribution is 0.360. The number of rotatable bonds is 8. The minimum absolute atomic E-state index is 0.608. The smallest absolute Gasteiger partial charge is 0.204 e. The molecule has 0 radical (unpaired) electrons. The molecule has 0 saturated heterocycles. The Morgan fingerprint density at radius 1 is 0.300 bits per heavy atom. The van der Waals surface area contributed by atoms with E-state index in [1.165, 1.54) is 0 Å². The second kappa shape index (κ2) is 12.6. The van der Waals surface area contributed by atoms with Gasteiger partial charge >= 0.3 is 0 Å². The Kier molecular flexibility index (Phi) is 7.37. The first kappa shape index (κ1) is 29.2. The molecule has 1 aliphatic rings. The summed E-state index contributed by atoms with van der Waals surface area (Å²) in [6, 6.07) is 57.0. The van der Waals surface area contributed by atoms with Crippen LogP contribution in [0.2, 0.25) is 0 Å². The molecule has 50 heavy (non-hydrogen) atoms. The number of benzene rings is 6. The Bertz CT molecular complexity index is 2220. The second-order valence-electron chi connectivity index (χ2n) is 11.9. The highest BCUT2D eigenvalue weighted by Gasteiger charge is 2.25. The van der Waals surface area contributed by atoms with E-state index in [2.05, 4.69) is 82.6 Å². The fraction of sp³-hybridized carbons (Fsp3) is 0. The third-order valence-electron chi connectivity index (χ3n) is 8.69. The fourth-order valence-corrected chi connectivity index (χ4v) is 6.35. The van der Waals surface area contributed by atoms with E-state index in [9.17, 15) is 0 Å². The zero-order valence-electron chi connectivity index (χ0n) is 26.8. The van der Waals surface area contributed by atoms with Crippen molar-refractivity contribution in [3.63, 3.8) is 0 Å². The van der Waals surface area contributed by atoms with Crippen molar-refractivity contribution < 1.29 is 18.3 Å². The second-order valence-corrected chi connectivity index (χ2v) is 11.9. The monoisotopic (exact) mass is 650 g/mol.